The first-order valence-electron chi connectivity index (χ1n) is 8.41. The van der Waals surface area contributed by atoms with Gasteiger partial charge >= 0.3 is 0 Å². The van der Waals surface area contributed by atoms with Crippen LogP contribution in [0.5, 0.6) is 0 Å². The van der Waals surface area contributed by atoms with Gasteiger partial charge in [0, 0.05) is 17.9 Å². The van der Waals surface area contributed by atoms with Crippen LogP contribution in [0.4, 0.5) is 0 Å². The third-order valence-corrected chi connectivity index (χ3v) is 5.35. The van der Waals surface area contributed by atoms with Crippen molar-refractivity contribution < 1.29 is 4.79 Å². The number of rotatable bonds is 6. The van der Waals surface area contributed by atoms with E-state index in [1.165, 1.54) is 43.0 Å². The molecule has 1 N–H and O–H groups in total. The Balaban J connectivity index is 1.81. The average molecular weight is 334 g/mol. The Morgan fingerprint density at radius 3 is 2.57 bits per heavy atom. The Labute approximate surface area is 143 Å². The number of carbonyl (C=O) groups is 1. The topological polar surface area (TPSA) is 54.9 Å². The van der Waals surface area contributed by atoms with Crippen molar-refractivity contribution in [3.05, 3.63) is 28.6 Å². The van der Waals surface area contributed by atoms with Crippen molar-refractivity contribution in [3.8, 4) is 0 Å². The number of allylic oxidation sites excluding steroid dienone is 1. The monoisotopic (exact) mass is 333 g/mol. The van der Waals surface area contributed by atoms with Gasteiger partial charge in [0.2, 0.25) is 5.91 Å². The minimum atomic E-state index is -0.183. The second-order valence-electron chi connectivity index (χ2n) is 6.21. The Morgan fingerprint density at radius 1 is 1.26 bits per heavy atom. The minimum absolute atomic E-state index is 0.0610. The third kappa shape index (κ3) is 5.34. The first-order valence-corrected chi connectivity index (χ1v) is 9.29. The molecular formula is C18H27N3OS. The first-order chi connectivity index (χ1) is 11.0. The van der Waals surface area contributed by atoms with Crippen molar-refractivity contribution >= 4 is 17.7 Å². The van der Waals surface area contributed by atoms with Crippen molar-refractivity contribution in [2.75, 3.05) is 6.54 Å². The first kappa shape index (κ1) is 18.0. The molecule has 1 aliphatic rings. The maximum Gasteiger partial charge on any atom is 0.233 e. The molecule has 0 aliphatic heterocycles. The van der Waals surface area contributed by atoms with E-state index in [1.807, 2.05) is 27.7 Å². The van der Waals surface area contributed by atoms with E-state index in [0.717, 1.165) is 29.9 Å². The third-order valence-electron chi connectivity index (χ3n) is 4.39. The Bertz CT molecular complexity index is 575. The smallest absolute Gasteiger partial charge is 0.233 e. The number of carbonyl (C=O) groups excluding carboxylic acids is 1. The second-order valence-corrected chi connectivity index (χ2v) is 7.52. The van der Waals surface area contributed by atoms with Crippen molar-refractivity contribution in [3.63, 3.8) is 0 Å². The highest BCUT2D eigenvalue weighted by Crippen LogP contribution is 2.22. The van der Waals surface area contributed by atoms with E-state index in [9.17, 15) is 4.79 Å². The largest absolute Gasteiger partial charge is 0.355 e. The van der Waals surface area contributed by atoms with E-state index in [-0.39, 0.29) is 11.2 Å². The summed E-state index contributed by atoms with van der Waals surface area (Å²) in [5.41, 5.74) is 4.57. The molecule has 1 aliphatic carbocycles. The number of aromatic nitrogens is 2. The van der Waals surface area contributed by atoms with E-state index in [2.05, 4.69) is 21.4 Å². The van der Waals surface area contributed by atoms with Gasteiger partial charge in [-0.05, 0) is 65.4 Å². The summed E-state index contributed by atoms with van der Waals surface area (Å²) in [5.74, 6) is 0.0610. The lowest BCUT2D eigenvalue weighted by Crippen LogP contribution is -2.32. The zero-order chi connectivity index (χ0) is 16.8. The van der Waals surface area contributed by atoms with Crippen LogP contribution in [-0.2, 0) is 4.79 Å². The Morgan fingerprint density at radius 2 is 1.96 bits per heavy atom. The fraction of sp³-hybridized carbons (Fsp3) is 0.611. The van der Waals surface area contributed by atoms with Crippen LogP contribution in [0.3, 0.4) is 0 Å². The van der Waals surface area contributed by atoms with E-state index in [1.54, 1.807) is 0 Å². The fourth-order valence-corrected chi connectivity index (χ4v) is 3.51. The van der Waals surface area contributed by atoms with Crippen molar-refractivity contribution in [2.45, 2.75) is 70.2 Å². The lowest BCUT2D eigenvalue weighted by Gasteiger charge is -2.15. The van der Waals surface area contributed by atoms with Crippen LogP contribution in [-0.4, -0.2) is 27.7 Å². The summed E-state index contributed by atoms with van der Waals surface area (Å²) in [4.78, 5) is 21.2. The molecule has 1 amide bonds. The summed E-state index contributed by atoms with van der Waals surface area (Å²) < 4.78 is 0. The molecule has 126 valence electrons. The maximum atomic E-state index is 12.2. The maximum absolute atomic E-state index is 12.2. The molecule has 5 heteroatoms. The van der Waals surface area contributed by atoms with Gasteiger partial charge in [-0.1, -0.05) is 23.4 Å². The van der Waals surface area contributed by atoms with Crippen molar-refractivity contribution in [1.29, 1.82) is 0 Å². The van der Waals surface area contributed by atoms with Gasteiger partial charge in [0.05, 0.1) is 5.25 Å². The Kier molecular flexibility index (Phi) is 6.63. The van der Waals surface area contributed by atoms with Crippen LogP contribution in [0.2, 0.25) is 0 Å². The quantitative estimate of drug-likeness (QED) is 0.487. The molecule has 0 radical (unpaired) electrons. The number of nitrogens with one attached hydrogen (secondary N) is 1. The highest BCUT2D eigenvalue weighted by atomic mass is 32.2. The lowest BCUT2D eigenvalue weighted by molar-refractivity contribution is -0.120. The zero-order valence-electron chi connectivity index (χ0n) is 14.6. The molecule has 1 heterocycles. The molecular weight excluding hydrogens is 306 g/mol. The van der Waals surface area contributed by atoms with Crippen LogP contribution < -0.4 is 5.32 Å². The number of hydrogen-bond acceptors (Lipinski definition) is 4. The van der Waals surface area contributed by atoms with Gasteiger partial charge in [0.25, 0.3) is 0 Å². The van der Waals surface area contributed by atoms with Gasteiger partial charge in [0.15, 0.2) is 5.16 Å². The summed E-state index contributed by atoms with van der Waals surface area (Å²) >= 11 is 1.43. The van der Waals surface area contributed by atoms with Gasteiger partial charge in [-0.3, -0.25) is 4.79 Å². The predicted molar refractivity (Wildman–Crippen MR) is 95.7 cm³/mol. The SMILES string of the molecule is Cc1nc(SC(C)C(=O)NCCC2=CCCCC2)nc(C)c1C. The highest BCUT2D eigenvalue weighted by molar-refractivity contribution is 8.00. The van der Waals surface area contributed by atoms with Crippen molar-refractivity contribution in [2.24, 2.45) is 0 Å². The van der Waals surface area contributed by atoms with E-state index < -0.39 is 0 Å². The molecule has 2 rings (SSSR count). The Hall–Kier alpha value is -1.36. The number of amides is 1. The van der Waals surface area contributed by atoms with Crippen molar-refractivity contribution in [1.82, 2.24) is 15.3 Å². The predicted octanol–water partition coefficient (Wildman–Crippen LogP) is 3.89. The lowest BCUT2D eigenvalue weighted by atomic mass is 9.97. The number of hydrogen-bond donors (Lipinski definition) is 1. The van der Waals surface area contributed by atoms with Crippen LogP contribution in [0.25, 0.3) is 0 Å². The summed E-state index contributed by atoms with van der Waals surface area (Å²) in [7, 11) is 0. The van der Waals surface area contributed by atoms with Crippen LogP contribution in [0.15, 0.2) is 16.8 Å². The molecule has 4 nitrogen and oxygen atoms in total. The second kappa shape index (κ2) is 8.48. The average Bonchev–Trinajstić information content (AvgIpc) is 2.53. The standard InChI is InChI=1S/C18H27N3OS/c1-12-13(2)20-18(21-14(12)3)23-15(4)17(22)19-11-10-16-8-6-5-7-9-16/h8,15H,5-7,9-11H2,1-4H3,(H,19,22). The van der Waals surface area contributed by atoms with Crippen LogP contribution >= 0.6 is 11.8 Å². The van der Waals surface area contributed by atoms with E-state index >= 15 is 0 Å². The number of nitrogens with zero attached hydrogens (tertiary/aromatic N) is 2. The molecule has 0 aromatic carbocycles. The van der Waals surface area contributed by atoms with Gasteiger partial charge in [-0.2, -0.15) is 0 Å². The van der Waals surface area contributed by atoms with Gasteiger partial charge in [-0.15, -0.1) is 0 Å². The molecule has 1 aromatic rings. The summed E-state index contributed by atoms with van der Waals surface area (Å²) in [6, 6.07) is 0. The van der Waals surface area contributed by atoms with Crippen LogP contribution in [0.1, 0.15) is 56.0 Å². The summed E-state index contributed by atoms with van der Waals surface area (Å²) in [6.07, 6.45) is 8.28. The van der Waals surface area contributed by atoms with Crippen LogP contribution in [0, 0.1) is 20.8 Å². The number of thioether (sulfide) groups is 1. The van der Waals surface area contributed by atoms with E-state index in [4.69, 9.17) is 0 Å². The van der Waals surface area contributed by atoms with E-state index in [0.29, 0.717) is 5.16 Å². The number of aryl methyl sites for hydroxylation is 2. The van der Waals surface area contributed by atoms with Gasteiger partial charge in [-0.25, -0.2) is 9.97 Å². The van der Waals surface area contributed by atoms with Gasteiger partial charge in [0.1, 0.15) is 0 Å². The molecule has 1 atom stereocenters. The summed E-state index contributed by atoms with van der Waals surface area (Å²) in [5, 5.41) is 3.53. The molecule has 0 saturated heterocycles. The highest BCUT2D eigenvalue weighted by Gasteiger charge is 2.17. The molecule has 1 aromatic heterocycles. The molecule has 23 heavy (non-hydrogen) atoms. The van der Waals surface area contributed by atoms with Gasteiger partial charge < -0.3 is 5.32 Å². The molecule has 0 fully saturated rings. The fourth-order valence-electron chi connectivity index (χ4n) is 2.63. The molecule has 1 unspecified atom stereocenters. The minimum Gasteiger partial charge on any atom is -0.355 e. The zero-order valence-corrected chi connectivity index (χ0v) is 15.4. The summed E-state index contributed by atoms with van der Waals surface area (Å²) in [6.45, 7) is 8.62. The molecule has 0 bridgehead atoms. The molecule has 0 spiro atoms. The normalized spacial score (nSPS) is 15.9. The molecule has 0 saturated carbocycles.